The van der Waals surface area contributed by atoms with E-state index < -0.39 is 18.2 Å². The van der Waals surface area contributed by atoms with Gasteiger partial charge in [0.1, 0.15) is 11.9 Å². The van der Waals surface area contributed by atoms with Gasteiger partial charge in [0.15, 0.2) is 0 Å². The topological polar surface area (TPSA) is 66.8 Å². The molecule has 1 heterocycles. The predicted molar refractivity (Wildman–Crippen MR) is 54.8 cm³/mol. The highest BCUT2D eigenvalue weighted by Crippen LogP contribution is 2.18. The van der Waals surface area contributed by atoms with E-state index in [2.05, 4.69) is 0 Å². The predicted octanol–water partition coefficient (Wildman–Crippen LogP) is 0.671. The number of hydrogen-bond donors (Lipinski definition) is 2. The number of aliphatic hydroxyl groups excluding tert-OH is 2. The van der Waals surface area contributed by atoms with Gasteiger partial charge in [-0.3, -0.25) is 0 Å². The third kappa shape index (κ3) is 3.04. The van der Waals surface area contributed by atoms with Gasteiger partial charge in [-0.25, -0.2) is 4.79 Å². The van der Waals surface area contributed by atoms with Gasteiger partial charge in [-0.1, -0.05) is 12.2 Å². The number of hydrogen-bond acceptors (Lipinski definition) is 4. The number of aliphatic hydroxyl groups is 2. The maximum Gasteiger partial charge on any atom is 0.343 e. The Morgan fingerprint density at radius 3 is 2.67 bits per heavy atom. The molecule has 0 radical (unpaired) electrons. The van der Waals surface area contributed by atoms with Crippen LogP contribution < -0.4 is 0 Å². The normalized spacial score (nSPS) is 23.1. The van der Waals surface area contributed by atoms with Gasteiger partial charge in [0.05, 0.1) is 11.7 Å². The zero-order chi connectivity index (χ0) is 11.4. The minimum atomic E-state index is -1.03. The summed E-state index contributed by atoms with van der Waals surface area (Å²) < 4.78 is 4.85. The Balaban J connectivity index is 2.80. The lowest BCUT2D eigenvalue weighted by Crippen LogP contribution is -2.20. The first-order valence-corrected chi connectivity index (χ1v) is 4.69. The minimum absolute atomic E-state index is 0.265. The summed E-state index contributed by atoms with van der Waals surface area (Å²) >= 11 is 0. The van der Waals surface area contributed by atoms with Gasteiger partial charge in [0.2, 0.25) is 0 Å². The van der Waals surface area contributed by atoms with Crippen molar-refractivity contribution in [2.75, 3.05) is 0 Å². The van der Waals surface area contributed by atoms with Crippen molar-refractivity contribution in [2.45, 2.75) is 26.1 Å². The van der Waals surface area contributed by atoms with Crippen LogP contribution in [0.4, 0.5) is 0 Å². The van der Waals surface area contributed by atoms with E-state index in [9.17, 15) is 9.90 Å². The van der Waals surface area contributed by atoms with Crippen molar-refractivity contribution in [1.29, 1.82) is 0 Å². The van der Waals surface area contributed by atoms with Gasteiger partial charge in [0, 0.05) is 0 Å². The summed E-state index contributed by atoms with van der Waals surface area (Å²) in [5, 5.41) is 18.4. The quantitative estimate of drug-likeness (QED) is 0.672. The van der Waals surface area contributed by atoms with Crippen molar-refractivity contribution in [3.63, 3.8) is 0 Å². The Bertz CT molecular complexity index is 336. The molecule has 2 unspecified atom stereocenters. The van der Waals surface area contributed by atoms with Gasteiger partial charge < -0.3 is 14.9 Å². The van der Waals surface area contributed by atoms with Crippen LogP contribution in [0.1, 0.15) is 13.8 Å². The zero-order valence-corrected chi connectivity index (χ0v) is 8.68. The van der Waals surface area contributed by atoms with Gasteiger partial charge in [0.25, 0.3) is 0 Å². The van der Waals surface area contributed by atoms with Crippen molar-refractivity contribution in [3.05, 3.63) is 35.6 Å². The van der Waals surface area contributed by atoms with E-state index >= 15 is 0 Å². The fraction of sp³-hybridized carbons (Fsp3) is 0.364. The molecule has 0 fully saturated rings. The fourth-order valence-corrected chi connectivity index (χ4v) is 1.09. The molecule has 2 atom stereocenters. The van der Waals surface area contributed by atoms with Crippen molar-refractivity contribution in [3.8, 4) is 0 Å². The highest BCUT2D eigenvalue weighted by atomic mass is 16.5. The molecule has 0 aromatic carbocycles. The minimum Gasteiger partial charge on any atom is -0.423 e. The van der Waals surface area contributed by atoms with E-state index in [4.69, 9.17) is 9.84 Å². The second-order valence-electron chi connectivity index (χ2n) is 3.29. The molecule has 1 aliphatic heterocycles. The van der Waals surface area contributed by atoms with E-state index in [0.717, 1.165) is 0 Å². The number of ether oxygens (including phenoxy) is 1. The number of carbonyl (C=O) groups excluding carboxylic acids is 1. The van der Waals surface area contributed by atoms with Crippen LogP contribution in [0.3, 0.4) is 0 Å². The Morgan fingerprint density at radius 1 is 1.47 bits per heavy atom. The summed E-state index contributed by atoms with van der Waals surface area (Å²) in [5.41, 5.74) is 0.432. The molecular weight excluding hydrogens is 196 g/mol. The molecule has 0 aliphatic carbocycles. The first-order valence-electron chi connectivity index (χ1n) is 4.69. The van der Waals surface area contributed by atoms with Gasteiger partial charge in [-0.05, 0) is 26.0 Å². The summed E-state index contributed by atoms with van der Waals surface area (Å²) in [7, 11) is 0. The van der Waals surface area contributed by atoms with E-state index in [1.807, 2.05) is 0 Å². The van der Waals surface area contributed by atoms with Crippen LogP contribution >= 0.6 is 0 Å². The SMILES string of the molecule is CC=CC1=CC(=CC(O)C(C)O)OC1=O. The van der Waals surface area contributed by atoms with Gasteiger partial charge in [-0.15, -0.1) is 0 Å². The summed E-state index contributed by atoms with van der Waals surface area (Å²) in [6, 6.07) is 0. The molecule has 0 amide bonds. The molecule has 1 aliphatic rings. The largest absolute Gasteiger partial charge is 0.423 e. The summed E-state index contributed by atoms with van der Waals surface area (Å²) in [4.78, 5) is 11.2. The Kier molecular flexibility index (Phi) is 3.82. The van der Waals surface area contributed by atoms with Crippen LogP contribution in [0.25, 0.3) is 0 Å². The summed E-state index contributed by atoms with van der Waals surface area (Å²) in [5.74, 6) is -0.182. The number of carbonyl (C=O) groups is 1. The van der Waals surface area contributed by atoms with E-state index in [0.29, 0.717) is 5.57 Å². The molecule has 0 bridgehead atoms. The Hall–Kier alpha value is -1.39. The molecule has 4 nitrogen and oxygen atoms in total. The zero-order valence-electron chi connectivity index (χ0n) is 8.68. The lowest BCUT2D eigenvalue weighted by Gasteiger charge is -2.08. The fourth-order valence-electron chi connectivity index (χ4n) is 1.09. The average molecular weight is 210 g/mol. The van der Waals surface area contributed by atoms with E-state index in [1.54, 1.807) is 19.1 Å². The molecule has 0 saturated carbocycles. The first kappa shape index (κ1) is 11.7. The highest BCUT2D eigenvalue weighted by molar-refractivity contribution is 5.95. The van der Waals surface area contributed by atoms with Crippen molar-refractivity contribution in [1.82, 2.24) is 0 Å². The molecule has 0 spiro atoms. The van der Waals surface area contributed by atoms with Crippen LogP contribution in [-0.2, 0) is 9.53 Å². The molecule has 2 N–H and O–H groups in total. The second-order valence-corrected chi connectivity index (χ2v) is 3.29. The number of rotatable bonds is 3. The molecule has 82 valence electrons. The van der Waals surface area contributed by atoms with Crippen LogP contribution in [0.15, 0.2) is 35.6 Å². The molecule has 0 saturated heterocycles. The molecule has 1 rings (SSSR count). The van der Waals surface area contributed by atoms with Crippen LogP contribution in [0.5, 0.6) is 0 Å². The average Bonchev–Trinajstić information content (AvgIpc) is 2.47. The third-order valence-electron chi connectivity index (χ3n) is 1.92. The van der Waals surface area contributed by atoms with Crippen molar-refractivity contribution >= 4 is 5.97 Å². The van der Waals surface area contributed by atoms with Crippen LogP contribution in [0, 0.1) is 0 Å². The van der Waals surface area contributed by atoms with Crippen molar-refractivity contribution in [2.24, 2.45) is 0 Å². The molecule has 0 aromatic heterocycles. The number of cyclic esters (lactones) is 1. The van der Waals surface area contributed by atoms with E-state index in [-0.39, 0.29) is 5.76 Å². The van der Waals surface area contributed by atoms with Gasteiger partial charge in [-0.2, -0.15) is 0 Å². The van der Waals surface area contributed by atoms with E-state index in [1.165, 1.54) is 19.1 Å². The van der Waals surface area contributed by atoms with Gasteiger partial charge >= 0.3 is 5.97 Å². The lowest BCUT2D eigenvalue weighted by molar-refractivity contribution is -0.132. The lowest BCUT2D eigenvalue weighted by atomic mass is 10.2. The Labute approximate surface area is 88.2 Å². The van der Waals surface area contributed by atoms with Crippen LogP contribution in [-0.4, -0.2) is 28.4 Å². The molecule has 4 heteroatoms. The Morgan fingerprint density at radius 2 is 2.13 bits per heavy atom. The molecule has 0 aromatic rings. The maximum absolute atomic E-state index is 11.2. The standard InChI is InChI=1S/C11H14O4/c1-3-4-8-5-9(15-11(8)14)6-10(13)7(2)12/h3-7,10,12-13H,1-2H3. The second kappa shape index (κ2) is 4.91. The number of esters is 1. The highest BCUT2D eigenvalue weighted by Gasteiger charge is 2.20. The molecular formula is C11H14O4. The van der Waals surface area contributed by atoms with Crippen LogP contribution in [0.2, 0.25) is 0 Å². The molecule has 15 heavy (non-hydrogen) atoms. The van der Waals surface area contributed by atoms with Crippen molar-refractivity contribution < 1.29 is 19.7 Å². The summed E-state index contributed by atoms with van der Waals surface area (Å²) in [6.07, 6.45) is 4.25. The first-order chi connectivity index (χ1) is 7.04. The number of allylic oxidation sites excluding steroid dienone is 2. The maximum atomic E-state index is 11.2. The monoisotopic (exact) mass is 210 g/mol. The third-order valence-corrected chi connectivity index (χ3v) is 1.92. The summed E-state index contributed by atoms with van der Waals surface area (Å²) in [6.45, 7) is 3.25. The smallest absolute Gasteiger partial charge is 0.343 e.